The zero-order chi connectivity index (χ0) is 10.5. The molecular weight excluding hydrogens is 194 g/mol. The molecule has 0 radical (unpaired) electrons. The molecule has 0 aliphatic rings. The van der Waals surface area contributed by atoms with Gasteiger partial charge in [0.25, 0.3) is 0 Å². The van der Waals surface area contributed by atoms with Gasteiger partial charge in [0.15, 0.2) is 12.0 Å². The molecule has 2 heterocycles. The van der Waals surface area contributed by atoms with E-state index in [1.54, 1.807) is 7.05 Å². The molecule has 0 atom stereocenters. The highest BCUT2D eigenvalue weighted by Gasteiger charge is 1.91. The summed E-state index contributed by atoms with van der Waals surface area (Å²) in [6.45, 7) is 0. The first-order chi connectivity index (χ1) is 7.36. The van der Waals surface area contributed by atoms with E-state index >= 15 is 0 Å². The van der Waals surface area contributed by atoms with Gasteiger partial charge in [0, 0.05) is 7.05 Å². The minimum absolute atomic E-state index is 0.845. The van der Waals surface area contributed by atoms with Crippen molar-refractivity contribution in [2.75, 3.05) is 0 Å². The largest absolute Gasteiger partial charge is 0.443 e. The lowest BCUT2D eigenvalue weighted by atomic mass is 10.3. The van der Waals surface area contributed by atoms with Gasteiger partial charge in [0.2, 0.25) is 0 Å². The Morgan fingerprint density at radius 1 is 1.27 bits per heavy atom. The van der Waals surface area contributed by atoms with Crippen molar-refractivity contribution in [2.45, 2.75) is 0 Å². The lowest BCUT2D eigenvalue weighted by Crippen LogP contribution is -1.85. The van der Waals surface area contributed by atoms with Crippen molar-refractivity contribution in [2.24, 2.45) is 7.05 Å². The van der Waals surface area contributed by atoms with E-state index in [2.05, 4.69) is 20.5 Å². The van der Waals surface area contributed by atoms with E-state index in [0.717, 1.165) is 11.1 Å². The summed E-state index contributed by atoms with van der Waals surface area (Å²) in [4.78, 5) is 3.95. The lowest BCUT2D eigenvalue weighted by molar-refractivity contribution is 0.602. The van der Waals surface area contributed by atoms with Crippen LogP contribution in [0.5, 0.6) is 0 Å². The van der Waals surface area contributed by atoms with E-state index in [9.17, 15) is 0 Å². The third-order valence-corrected chi connectivity index (χ3v) is 1.69. The number of fused-ring (bicyclic) bond motifs is 1. The van der Waals surface area contributed by atoms with E-state index in [-0.39, 0.29) is 0 Å². The molecule has 6 nitrogen and oxygen atoms in total. The van der Waals surface area contributed by atoms with Crippen LogP contribution in [-0.4, -0.2) is 25.2 Å². The van der Waals surface area contributed by atoms with Gasteiger partial charge in [-0.2, -0.15) is 0 Å². The van der Waals surface area contributed by atoms with Gasteiger partial charge in [-0.05, 0) is 22.6 Å². The lowest BCUT2D eigenvalue weighted by Gasteiger charge is -1.79. The number of tetrazole rings is 1. The summed E-state index contributed by atoms with van der Waals surface area (Å²) in [5, 5.41) is 10.2. The molecule has 0 amide bonds. The van der Waals surface area contributed by atoms with Crippen molar-refractivity contribution in [1.29, 1.82) is 0 Å². The molecule has 0 bridgehead atoms. The van der Waals surface area contributed by atoms with Gasteiger partial charge in [-0.3, -0.25) is 0 Å². The predicted octanol–water partition coefficient (Wildman–Crippen LogP) is 1.04. The molecular formula is C9H9N5O. The number of para-hydroxylation sites is 2. The molecule has 0 fully saturated rings. The van der Waals surface area contributed by atoms with Gasteiger partial charge < -0.3 is 4.42 Å². The van der Waals surface area contributed by atoms with Gasteiger partial charge in [-0.25, -0.2) is 9.67 Å². The smallest absolute Gasteiger partial charge is 0.181 e. The molecule has 0 saturated carbocycles. The molecule has 6 heteroatoms. The number of rotatable bonds is 0. The Morgan fingerprint density at radius 2 is 2.13 bits per heavy atom. The fraction of sp³-hybridized carbons (Fsp3) is 0.111. The summed E-state index contributed by atoms with van der Waals surface area (Å²) in [7, 11) is 1.76. The Hall–Kier alpha value is -2.24. The van der Waals surface area contributed by atoms with Crippen LogP contribution in [0, 0.1) is 0 Å². The van der Waals surface area contributed by atoms with Gasteiger partial charge in [-0.15, -0.1) is 5.10 Å². The average Bonchev–Trinajstić information content (AvgIpc) is 2.88. The molecule has 0 N–H and O–H groups in total. The van der Waals surface area contributed by atoms with Crippen LogP contribution >= 0.6 is 0 Å². The Kier molecular flexibility index (Phi) is 2.68. The quantitative estimate of drug-likeness (QED) is 0.546. The highest BCUT2D eigenvalue weighted by Crippen LogP contribution is 2.09. The topological polar surface area (TPSA) is 69.6 Å². The van der Waals surface area contributed by atoms with Gasteiger partial charge in [0.1, 0.15) is 11.8 Å². The first-order valence-corrected chi connectivity index (χ1v) is 4.31. The summed E-state index contributed by atoms with van der Waals surface area (Å²) in [6.07, 6.45) is 2.98. The SMILES string of the molecule is Cn1cnnn1.c1ccc2ocnc2c1. The van der Waals surface area contributed by atoms with Crippen molar-refractivity contribution in [1.82, 2.24) is 25.2 Å². The first kappa shape index (κ1) is 9.32. The van der Waals surface area contributed by atoms with Crippen LogP contribution < -0.4 is 0 Å². The molecule has 2 aromatic heterocycles. The maximum absolute atomic E-state index is 5.01. The second-order valence-electron chi connectivity index (χ2n) is 2.80. The maximum Gasteiger partial charge on any atom is 0.181 e. The number of aryl methyl sites for hydroxylation is 1. The van der Waals surface area contributed by atoms with Crippen LogP contribution in [0.4, 0.5) is 0 Å². The van der Waals surface area contributed by atoms with E-state index in [1.807, 2.05) is 24.3 Å². The predicted molar refractivity (Wildman–Crippen MR) is 52.8 cm³/mol. The van der Waals surface area contributed by atoms with Gasteiger partial charge in [-0.1, -0.05) is 12.1 Å². The molecule has 3 rings (SSSR count). The highest BCUT2D eigenvalue weighted by molar-refractivity contribution is 5.71. The zero-order valence-corrected chi connectivity index (χ0v) is 8.11. The first-order valence-electron chi connectivity index (χ1n) is 4.31. The van der Waals surface area contributed by atoms with Crippen molar-refractivity contribution < 1.29 is 4.42 Å². The summed E-state index contributed by atoms with van der Waals surface area (Å²) >= 11 is 0. The molecule has 0 spiro atoms. The Bertz CT molecular complexity index is 486. The second-order valence-corrected chi connectivity index (χ2v) is 2.80. The Balaban J connectivity index is 0.000000124. The monoisotopic (exact) mass is 203 g/mol. The fourth-order valence-corrected chi connectivity index (χ4v) is 1.01. The average molecular weight is 203 g/mol. The molecule has 0 saturated heterocycles. The third kappa shape index (κ3) is 2.37. The fourth-order valence-electron chi connectivity index (χ4n) is 1.01. The van der Waals surface area contributed by atoms with Crippen LogP contribution in [0.3, 0.4) is 0 Å². The molecule has 3 aromatic rings. The summed E-state index contributed by atoms with van der Waals surface area (Å²) < 4.78 is 6.53. The summed E-state index contributed by atoms with van der Waals surface area (Å²) in [6, 6.07) is 7.67. The molecule has 76 valence electrons. The summed E-state index contributed by atoms with van der Waals surface area (Å²) in [5.74, 6) is 0. The van der Waals surface area contributed by atoms with Gasteiger partial charge in [0.05, 0.1) is 0 Å². The van der Waals surface area contributed by atoms with E-state index < -0.39 is 0 Å². The van der Waals surface area contributed by atoms with Crippen LogP contribution in [0.2, 0.25) is 0 Å². The number of hydrogen-bond acceptors (Lipinski definition) is 5. The second kappa shape index (κ2) is 4.32. The summed E-state index contributed by atoms with van der Waals surface area (Å²) in [5.41, 5.74) is 1.76. The standard InChI is InChI=1S/C7H5NO.C2H4N4/c1-2-4-7-6(3-1)8-5-9-7;1-6-2-3-4-5-6/h1-5H;2H,1H3. The molecule has 15 heavy (non-hydrogen) atoms. The van der Waals surface area contributed by atoms with Crippen LogP contribution in [0.1, 0.15) is 0 Å². The minimum Gasteiger partial charge on any atom is -0.443 e. The zero-order valence-electron chi connectivity index (χ0n) is 8.11. The van der Waals surface area contributed by atoms with Crippen molar-refractivity contribution in [3.05, 3.63) is 37.0 Å². The molecule has 1 aromatic carbocycles. The maximum atomic E-state index is 5.01. The normalized spacial score (nSPS) is 9.67. The van der Waals surface area contributed by atoms with Crippen molar-refractivity contribution in [3.8, 4) is 0 Å². The minimum atomic E-state index is 0.845. The molecule has 0 aliphatic carbocycles. The van der Waals surface area contributed by atoms with Crippen molar-refractivity contribution in [3.63, 3.8) is 0 Å². The van der Waals surface area contributed by atoms with Crippen molar-refractivity contribution >= 4 is 11.1 Å². The molecule has 0 unspecified atom stereocenters. The van der Waals surface area contributed by atoms with E-state index in [0.29, 0.717) is 0 Å². The number of hydrogen-bond donors (Lipinski definition) is 0. The number of oxazole rings is 1. The van der Waals surface area contributed by atoms with E-state index in [1.165, 1.54) is 17.4 Å². The van der Waals surface area contributed by atoms with Crippen LogP contribution in [0.25, 0.3) is 11.1 Å². The Morgan fingerprint density at radius 3 is 2.73 bits per heavy atom. The van der Waals surface area contributed by atoms with Crippen LogP contribution in [0.15, 0.2) is 41.4 Å². The molecule has 0 aliphatic heterocycles. The highest BCUT2D eigenvalue weighted by atomic mass is 16.3. The number of benzene rings is 1. The number of aromatic nitrogens is 5. The van der Waals surface area contributed by atoms with Crippen LogP contribution in [-0.2, 0) is 7.05 Å². The number of nitrogens with zero attached hydrogens (tertiary/aromatic N) is 5. The third-order valence-electron chi connectivity index (χ3n) is 1.69. The van der Waals surface area contributed by atoms with Gasteiger partial charge >= 0.3 is 0 Å². The van der Waals surface area contributed by atoms with E-state index in [4.69, 9.17) is 4.42 Å². The Labute approximate surface area is 85.5 Å².